The fourth-order valence-corrected chi connectivity index (χ4v) is 2.75. The first-order valence-corrected chi connectivity index (χ1v) is 9.27. The van der Waals surface area contributed by atoms with Gasteiger partial charge in [0, 0.05) is 25.8 Å². The summed E-state index contributed by atoms with van der Waals surface area (Å²) >= 11 is 0. The predicted octanol–water partition coefficient (Wildman–Crippen LogP) is 5.40. The van der Waals surface area contributed by atoms with Crippen molar-refractivity contribution < 1.29 is 9.47 Å². The third kappa shape index (κ3) is 10.7. The largest absolute Gasteiger partial charge is 0.494 e. The average Bonchev–Trinajstić information content (AvgIpc) is 2.60. The highest BCUT2D eigenvalue weighted by Crippen LogP contribution is 2.16. The zero-order valence-corrected chi connectivity index (χ0v) is 15.3. The van der Waals surface area contributed by atoms with E-state index in [-0.39, 0.29) is 7.43 Å². The minimum atomic E-state index is 0. The van der Waals surface area contributed by atoms with E-state index >= 15 is 0 Å². The molecule has 3 heteroatoms. The van der Waals surface area contributed by atoms with E-state index in [1.165, 1.54) is 32.4 Å². The molecule has 0 aromatic heterocycles. The van der Waals surface area contributed by atoms with Crippen LogP contribution in [-0.2, 0) is 4.74 Å². The number of nitrogens with zero attached hydrogens (tertiary/aromatic N) is 1. The van der Waals surface area contributed by atoms with E-state index in [2.05, 4.69) is 18.7 Å². The molecule has 1 aliphatic rings. The number of rotatable bonds is 8. The van der Waals surface area contributed by atoms with Crippen LogP contribution in [0.5, 0.6) is 5.75 Å². The number of para-hydroxylation sites is 1. The van der Waals surface area contributed by atoms with Gasteiger partial charge in [0.05, 0.1) is 6.61 Å². The maximum atomic E-state index is 5.71. The zero-order valence-electron chi connectivity index (χ0n) is 15.3. The molecule has 140 valence electrons. The number of likely N-dealkylation sites (tertiary alicyclic amines) is 1. The van der Waals surface area contributed by atoms with Gasteiger partial charge in [-0.15, -0.1) is 0 Å². The second kappa shape index (κ2) is 15.5. The van der Waals surface area contributed by atoms with Gasteiger partial charge in [-0.3, -0.25) is 0 Å². The first-order valence-electron chi connectivity index (χ1n) is 9.27. The summed E-state index contributed by atoms with van der Waals surface area (Å²) in [4.78, 5) is 2.60. The second-order valence-corrected chi connectivity index (χ2v) is 6.09. The molecule has 1 saturated heterocycles. The fourth-order valence-electron chi connectivity index (χ4n) is 2.75. The normalized spacial score (nSPS) is 17.4. The minimum Gasteiger partial charge on any atom is -0.494 e. The van der Waals surface area contributed by atoms with Gasteiger partial charge in [0.1, 0.15) is 5.75 Å². The molecule has 0 amide bonds. The maximum absolute atomic E-state index is 5.71. The topological polar surface area (TPSA) is 21.7 Å². The summed E-state index contributed by atoms with van der Waals surface area (Å²) in [5.74, 6) is 0.985. The summed E-state index contributed by atoms with van der Waals surface area (Å²) in [5, 5.41) is 0. The van der Waals surface area contributed by atoms with Crippen LogP contribution < -0.4 is 4.74 Å². The van der Waals surface area contributed by atoms with Crippen molar-refractivity contribution in [3.05, 3.63) is 30.3 Å². The highest BCUT2D eigenvalue weighted by Gasteiger charge is 2.16. The highest BCUT2D eigenvalue weighted by molar-refractivity contribution is 5.20. The van der Waals surface area contributed by atoms with Crippen LogP contribution >= 0.6 is 0 Å². The van der Waals surface area contributed by atoms with Gasteiger partial charge in [0.25, 0.3) is 0 Å². The van der Waals surface area contributed by atoms with Gasteiger partial charge in [0.2, 0.25) is 0 Å². The van der Waals surface area contributed by atoms with Crippen LogP contribution in [0.25, 0.3) is 0 Å². The van der Waals surface area contributed by atoms with E-state index in [0.29, 0.717) is 0 Å². The van der Waals surface area contributed by atoms with Crippen LogP contribution in [0.3, 0.4) is 0 Å². The molecule has 24 heavy (non-hydrogen) atoms. The van der Waals surface area contributed by atoms with E-state index in [1.807, 2.05) is 37.3 Å². The summed E-state index contributed by atoms with van der Waals surface area (Å²) in [5.41, 5.74) is 0. The molecule has 1 atom stereocenters. The second-order valence-electron chi connectivity index (χ2n) is 6.09. The lowest BCUT2D eigenvalue weighted by atomic mass is 10.0. The molecule has 1 aromatic rings. The Morgan fingerprint density at radius 2 is 1.83 bits per heavy atom. The molecule has 0 bridgehead atoms. The van der Waals surface area contributed by atoms with E-state index in [4.69, 9.17) is 9.47 Å². The lowest BCUT2D eigenvalue weighted by molar-refractivity contribution is 0.148. The van der Waals surface area contributed by atoms with Crippen LogP contribution in [0.2, 0.25) is 0 Å². The Labute approximate surface area is 150 Å². The Bertz CT molecular complexity index is 365. The molecule has 0 N–H and O–H groups in total. The number of piperidine rings is 1. The van der Waals surface area contributed by atoms with E-state index in [9.17, 15) is 0 Å². The van der Waals surface area contributed by atoms with Crippen molar-refractivity contribution in [2.24, 2.45) is 0 Å². The number of hydrogen-bond acceptors (Lipinski definition) is 3. The molecule has 1 aromatic carbocycles. The van der Waals surface area contributed by atoms with E-state index < -0.39 is 0 Å². The van der Waals surface area contributed by atoms with Gasteiger partial charge < -0.3 is 14.4 Å². The Morgan fingerprint density at radius 3 is 2.42 bits per heavy atom. The van der Waals surface area contributed by atoms with Gasteiger partial charge in [-0.25, -0.2) is 0 Å². The van der Waals surface area contributed by atoms with Gasteiger partial charge in [-0.1, -0.05) is 39.0 Å². The molecular formula is C21H39NO2. The predicted molar refractivity (Wildman–Crippen MR) is 105 cm³/mol. The molecule has 0 saturated carbocycles. The maximum Gasteiger partial charge on any atom is 0.119 e. The number of ether oxygens (including phenoxy) is 2. The highest BCUT2D eigenvalue weighted by atomic mass is 16.5. The summed E-state index contributed by atoms with van der Waals surface area (Å²) < 4.78 is 10.7. The molecule has 1 heterocycles. The Hall–Kier alpha value is -1.06. The Balaban J connectivity index is 0.000000655. The summed E-state index contributed by atoms with van der Waals surface area (Å²) in [6.45, 7) is 11.5. The van der Waals surface area contributed by atoms with Crippen molar-refractivity contribution in [1.82, 2.24) is 4.90 Å². The van der Waals surface area contributed by atoms with Crippen LogP contribution in [0.15, 0.2) is 30.3 Å². The van der Waals surface area contributed by atoms with Crippen molar-refractivity contribution >= 4 is 0 Å². The van der Waals surface area contributed by atoms with Crippen LogP contribution in [0.4, 0.5) is 0 Å². The SMILES string of the molecule is C.CC1CCCCN1CCCOc1ccccc1.CCCOCC. The summed E-state index contributed by atoms with van der Waals surface area (Å²) in [6, 6.07) is 10.8. The van der Waals surface area contributed by atoms with Gasteiger partial charge >= 0.3 is 0 Å². The Morgan fingerprint density at radius 1 is 1.08 bits per heavy atom. The molecule has 0 aliphatic carbocycles. The molecule has 0 spiro atoms. The molecule has 2 rings (SSSR count). The third-order valence-corrected chi connectivity index (χ3v) is 4.09. The molecule has 1 fully saturated rings. The number of hydrogen-bond donors (Lipinski definition) is 0. The fraction of sp³-hybridized carbons (Fsp3) is 0.714. The molecular weight excluding hydrogens is 298 g/mol. The van der Waals surface area contributed by atoms with Crippen molar-refractivity contribution in [1.29, 1.82) is 0 Å². The zero-order chi connectivity index (χ0) is 16.8. The molecule has 3 nitrogen and oxygen atoms in total. The molecule has 1 unspecified atom stereocenters. The average molecular weight is 338 g/mol. The van der Waals surface area contributed by atoms with Gasteiger partial charge in [0.15, 0.2) is 0 Å². The van der Waals surface area contributed by atoms with Crippen LogP contribution in [-0.4, -0.2) is 43.9 Å². The smallest absolute Gasteiger partial charge is 0.119 e. The third-order valence-electron chi connectivity index (χ3n) is 4.09. The molecule has 1 aliphatic heterocycles. The lowest BCUT2D eigenvalue weighted by Crippen LogP contribution is -2.38. The summed E-state index contributed by atoms with van der Waals surface area (Å²) in [7, 11) is 0. The monoisotopic (exact) mass is 337 g/mol. The summed E-state index contributed by atoms with van der Waals surface area (Å²) in [6.07, 6.45) is 6.38. The first kappa shape index (κ1) is 22.9. The van der Waals surface area contributed by atoms with Gasteiger partial charge in [-0.05, 0) is 58.2 Å². The lowest BCUT2D eigenvalue weighted by Gasteiger charge is -2.33. The van der Waals surface area contributed by atoms with Crippen LogP contribution in [0.1, 0.15) is 60.3 Å². The van der Waals surface area contributed by atoms with Gasteiger partial charge in [-0.2, -0.15) is 0 Å². The first-order chi connectivity index (χ1) is 11.3. The van der Waals surface area contributed by atoms with Crippen molar-refractivity contribution in [2.45, 2.75) is 66.3 Å². The van der Waals surface area contributed by atoms with Crippen LogP contribution in [0, 0.1) is 0 Å². The Kier molecular flexibility index (Phi) is 14.8. The minimum absolute atomic E-state index is 0. The number of benzene rings is 1. The molecule has 0 radical (unpaired) electrons. The van der Waals surface area contributed by atoms with Crippen molar-refractivity contribution in [3.63, 3.8) is 0 Å². The van der Waals surface area contributed by atoms with E-state index in [0.717, 1.165) is 44.5 Å². The van der Waals surface area contributed by atoms with Crippen molar-refractivity contribution in [3.8, 4) is 5.75 Å². The quantitative estimate of drug-likeness (QED) is 0.593. The van der Waals surface area contributed by atoms with Crippen molar-refractivity contribution in [2.75, 3.05) is 32.9 Å². The standard InChI is InChI=1S/C15H23NO.C5H12O.CH4/c1-14-8-5-6-11-16(14)12-7-13-17-15-9-3-2-4-10-15;1-3-5-6-4-2;/h2-4,9-10,14H,5-8,11-13H2,1H3;3-5H2,1-2H3;1H4. The van der Waals surface area contributed by atoms with E-state index in [1.54, 1.807) is 0 Å².